The van der Waals surface area contributed by atoms with Crippen LogP contribution < -0.4 is 9.47 Å². The number of esters is 1. The molecule has 0 N–H and O–H groups in total. The number of ether oxygens (including phenoxy) is 3. The number of aryl methyl sites for hydroxylation is 3. The molecule has 1 fully saturated rings. The maximum Gasteiger partial charge on any atom is 0.415 e. The van der Waals surface area contributed by atoms with E-state index in [4.69, 9.17) is 25.8 Å². The molecular formula is C36H42ClNO6. The predicted octanol–water partition coefficient (Wildman–Crippen LogP) is 8.02. The summed E-state index contributed by atoms with van der Waals surface area (Å²) in [5.74, 6) is 0.229. The Hall–Kier alpha value is -3.84. The van der Waals surface area contributed by atoms with Gasteiger partial charge in [0.05, 0.1) is 0 Å². The van der Waals surface area contributed by atoms with Gasteiger partial charge in [-0.25, -0.2) is 9.59 Å². The number of halogens is 1. The number of rotatable bonds is 9. The second-order valence-electron chi connectivity index (χ2n) is 13.0. The standard InChI is InChI=1S/C36H42ClNO6/c1-23-19-25(20-24(2)32(23)43-36(6,7)33(40)44-35(3,4)5)13-14-27-21-38(34(41)42-29-11-9-8-10-12-29)22-30(27)31(39)26-15-17-28(37)18-16-26/h8-12,15-20,27,30H,13-14,21-22H2,1-7H3. The summed E-state index contributed by atoms with van der Waals surface area (Å²) in [7, 11) is 0. The van der Waals surface area contributed by atoms with Crippen LogP contribution in [0.5, 0.6) is 11.5 Å². The lowest BCUT2D eigenvalue weighted by Gasteiger charge is -2.30. The highest BCUT2D eigenvalue weighted by atomic mass is 35.5. The molecule has 4 rings (SSSR count). The lowest BCUT2D eigenvalue weighted by atomic mass is 9.84. The first-order chi connectivity index (χ1) is 20.6. The Morgan fingerprint density at radius 3 is 2.09 bits per heavy atom. The molecule has 0 bridgehead atoms. The molecule has 0 aliphatic carbocycles. The minimum Gasteiger partial charge on any atom is -0.476 e. The summed E-state index contributed by atoms with van der Waals surface area (Å²) < 4.78 is 17.4. The van der Waals surface area contributed by atoms with E-state index < -0.39 is 23.3 Å². The van der Waals surface area contributed by atoms with Gasteiger partial charge in [-0.3, -0.25) is 4.79 Å². The van der Waals surface area contributed by atoms with E-state index >= 15 is 0 Å². The highest BCUT2D eigenvalue weighted by Gasteiger charge is 2.40. The van der Waals surface area contributed by atoms with E-state index in [2.05, 4.69) is 12.1 Å². The van der Waals surface area contributed by atoms with Crippen LogP contribution in [-0.4, -0.2) is 47.0 Å². The summed E-state index contributed by atoms with van der Waals surface area (Å²) in [6, 6.07) is 19.9. The van der Waals surface area contributed by atoms with Gasteiger partial charge in [-0.05, 0) is 120 Å². The summed E-state index contributed by atoms with van der Waals surface area (Å²) >= 11 is 6.06. The second kappa shape index (κ2) is 13.4. The fraction of sp³-hybridized carbons (Fsp3) is 0.417. The van der Waals surface area contributed by atoms with E-state index in [0.29, 0.717) is 41.5 Å². The van der Waals surface area contributed by atoms with E-state index in [1.807, 2.05) is 40.7 Å². The molecule has 3 aromatic rings. The van der Waals surface area contributed by atoms with Crippen molar-refractivity contribution in [1.29, 1.82) is 0 Å². The Balaban J connectivity index is 1.50. The molecule has 1 saturated heterocycles. The average Bonchev–Trinajstić information content (AvgIpc) is 3.38. The molecule has 0 spiro atoms. The number of carbonyl (C=O) groups is 3. The zero-order valence-corrected chi connectivity index (χ0v) is 27.4. The first kappa shape index (κ1) is 33.1. The number of para-hydroxylation sites is 1. The molecule has 1 amide bonds. The smallest absolute Gasteiger partial charge is 0.415 e. The van der Waals surface area contributed by atoms with E-state index in [0.717, 1.165) is 16.7 Å². The second-order valence-corrected chi connectivity index (χ2v) is 13.5. The molecule has 0 saturated carbocycles. The number of likely N-dealkylation sites (tertiary alicyclic amines) is 1. The number of nitrogens with zero attached hydrogens (tertiary/aromatic N) is 1. The van der Waals surface area contributed by atoms with Crippen molar-refractivity contribution in [2.45, 2.75) is 72.5 Å². The molecule has 3 aromatic carbocycles. The van der Waals surface area contributed by atoms with Crippen molar-refractivity contribution in [3.05, 3.63) is 94.0 Å². The van der Waals surface area contributed by atoms with Gasteiger partial charge in [-0.1, -0.05) is 41.9 Å². The summed E-state index contributed by atoms with van der Waals surface area (Å²) in [5, 5.41) is 0.560. The minimum atomic E-state index is -1.17. The van der Waals surface area contributed by atoms with Crippen LogP contribution in [0.25, 0.3) is 0 Å². The molecule has 0 aromatic heterocycles. The molecule has 1 heterocycles. The number of amides is 1. The quantitative estimate of drug-likeness (QED) is 0.178. The Bertz CT molecular complexity index is 1470. The molecule has 0 radical (unpaired) electrons. The highest BCUT2D eigenvalue weighted by molar-refractivity contribution is 6.30. The molecule has 2 unspecified atom stereocenters. The third-order valence-corrected chi connectivity index (χ3v) is 7.94. The Kier molecular flexibility index (Phi) is 10.1. The molecule has 7 nitrogen and oxygen atoms in total. The van der Waals surface area contributed by atoms with Gasteiger partial charge in [0.2, 0.25) is 0 Å². The summed E-state index contributed by atoms with van der Waals surface area (Å²) in [6.45, 7) is 13.5. The van der Waals surface area contributed by atoms with Crippen molar-refractivity contribution in [2.75, 3.05) is 13.1 Å². The monoisotopic (exact) mass is 619 g/mol. The van der Waals surface area contributed by atoms with Gasteiger partial charge >= 0.3 is 12.1 Å². The van der Waals surface area contributed by atoms with Crippen LogP contribution in [0, 0.1) is 25.7 Å². The molecular weight excluding hydrogens is 578 g/mol. The predicted molar refractivity (Wildman–Crippen MR) is 172 cm³/mol. The fourth-order valence-corrected chi connectivity index (χ4v) is 5.61. The van der Waals surface area contributed by atoms with E-state index in [9.17, 15) is 14.4 Å². The number of hydrogen-bond acceptors (Lipinski definition) is 6. The molecule has 44 heavy (non-hydrogen) atoms. The zero-order valence-electron chi connectivity index (χ0n) is 26.6. The van der Waals surface area contributed by atoms with Gasteiger partial charge in [-0.2, -0.15) is 0 Å². The van der Waals surface area contributed by atoms with Crippen molar-refractivity contribution in [1.82, 2.24) is 4.90 Å². The molecule has 1 aliphatic rings. The van der Waals surface area contributed by atoms with Crippen LogP contribution in [0.3, 0.4) is 0 Å². The topological polar surface area (TPSA) is 82.1 Å². The van der Waals surface area contributed by atoms with Crippen molar-refractivity contribution >= 4 is 29.4 Å². The van der Waals surface area contributed by atoms with Crippen molar-refractivity contribution in [3.63, 3.8) is 0 Å². The third kappa shape index (κ3) is 8.41. The normalized spacial score (nSPS) is 16.9. The zero-order chi connectivity index (χ0) is 32.2. The SMILES string of the molecule is Cc1cc(CCC2CN(C(=O)Oc3ccccc3)CC2C(=O)c2ccc(Cl)cc2)cc(C)c1OC(C)(C)C(=O)OC(C)(C)C. The highest BCUT2D eigenvalue weighted by Crippen LogP contribution is 2.34. The first-order valence-corrected chi connectivity index (χ1v) is 15.3. The van der Waals surface area contributed by atoms with Gasteiger partial charge < -0.3 is 19.1 Å². The minimum absolute atomic E-state index is 0.0119. The van der Waals surface area contributed by atoms with Crippen LogP contribution >= 0.6 is 11.6 Å². The Labute approximate surface area is 265 Å². The maximum atomic E-state index is 13.7. The maximum absolute atomic E-state index is 13.7. The van der Waals surface area contributed by atoms with E-state index in [1.165, 1.54) is 0 Å². The van der Waals surface area contributed by atoms with E-state index in [-0.39, 0.29) is 24.2 Å². The van der Waals surface area contributed by atoms with E-state index in [1.54, 1.807) is 67.3 Å². The molecule has 8 heteroatoms. The molecule has 2 atom stereocenters. The van der Waals surface area contributed by atoms with Crippen LogP contribution in [0.2, 0.25) is 5.02 Å². The number of hydrogen-bond donors (Lipinski definition) is 0. The van der Waals surface area contributed by atoms with Gasteiger partial charge in [0.15, 0.2) is 11.4 Å². The van der Waals surface area contributed by atoms with Crippen LogP contribution in [0.1, 0.15) is 68.1 Å². The summed E-state index contributed by atoms with van der Waals surface area (Å²) in [6.07, 6.45) is 0.934. The van der Waals surface area contributed by atoms with Crippen molar-refractivity contribution in [3.8, 4) is 11.5 Å². The number of Topliss-reactive ketones (excluding diaryl/α,β-unsaturated/α-hetero) is 1. The number of ketones is 1. The Morgan fingerprint density at radius 2 is 1.50 bits per heavy atom. The Morgan fingerprint density at radius 1 is 0.886 bits per heavy atom. The van der Waals surface area contributed by atoms with Gasteiger partial charge in [0.1, 0.15) is 17.1 Å². The molecule has 1 aliphatic heterocycles. The molecule has 234 valence electrons. The average molecular weight is 620 g/mol. The third-order valence-electron chi connectivity index (χ3n) is 7.68. The lowest BCUT2D eigenvalue weighted by molar-refractivity contribution is -0.171. The van der Waals surface area contributed by atoms with Gasteiger partial charge in [0, 0.05) is 29.6 Å². The van der Waals surface area contributed by atoms with Crippen molar-refractivity contribution < 1.29 is 28.6 Å². The van der Waals surface area contributed by atoms with Crippen LogP contribution in [-0.2, 0) is 16.0 Å². The summed E-state index contributed by atoms with van der Waals surface area (Å²) in [4.78, 5) is 41.1. The van der Waals surface area contributed by atoms with Crippen LogP contribution in [0.4, 0.5) is 4.79 Å². The van der Waals surface area contributed by atoms with Crippen LogP contribution in [0.15, 0.2) is 66.7 Å². The van der Waals surface area contributed by atoms with Crippen molar-refractivity contribution in [2.24, 2.45) is 11.8 Å². The van der Waals surface area contributed by atoms with Gasteiger partial charge in [0.25, 0.3) is 0 Å². The number of benzene rings is 3. The fourth-order valence-electron chi connectivity index (χ4n) is 5.49. The largest absolute Gasteiger partial charge is 0.476 e. The van der Waals surface area contributed by atoms with Gasteiger partial charge in [-0.15, -0.1) is 0 Å². The lowest BCUT2D eigenvalue weighted by Crippen LogP contribution is -2.43. The number of carbonyl (C=O) groups excluding carboxylic acids is 3. The summed E-state index contributed by atoms with van der Waals surface area (Å²) in [5.41, 5.74) is 1.69. The first-order valence-electron chi connectivity index (χ1n) is 15.0.